The first-order valence-electron chi connectivity index (χ1n) is 12.6. The highest BCUT2D eigenvalue weighted by atomic mass is 16.5. The predicted octanol–water partition coefficient (Wildman–Crippen LogP) is 4.84. The second kappa shape index (κ2) is 11.4. The predicted molar refractivity (Wildman–Crippen MR) is 133 cm³/mol. The van der Waals surface area contributed by atoms with Gasteiger partial charge >= 0.3 is 12.1 Å². The fourth-order valence-corrected chi connectivity index (χ4v) is 5.31. The van der Waals surface area contributed by atoms with E-state index in [4.69, 9.17) is 4.74 Å². The number of hydrogen-bond acceptors (Lipinski definition) is 4. The van der Waals surface area contributed by atoms with E-state index in [2.05, 4.69) is 34.9 Å². The first-order valence-corrected chi connectivity index (χ1v) is 12.6. The monoisotopic (exact) mass is 478 g/mol. The number of carbonyl (C=O) groups is 3. The van der Waals surface area contributed by atoms with Crippen molar-refractivity contribution in [2.75, 3.05) is 6.61 Å². The molecule has 4 rings (SSSR count). The number of carboxylic acid groups (broad SMARTS) is 1. The molecule has 0 saturated heterocycles. The van der Waals surface area contributed by atoms with Crippen molar-refractivity contribution in [3.63, 3.8) is 0 Å². The maximum absolute atomic E-state index is 13.0. The van der Waals surface area contributed by atoms with Crippen molar-refractivity contribution < 1.29 is 24.2 Å². The molecule has 1 unspecified atom stereocenters. The first-order chi connectivity index (χ1) is 17.0. The smallest absolute Gasteiger partial charge is 0.407 e. The number of alkyl carbamates (subject to hydrolysis) is 1. The van der Waals surface area contributed by atoms with Gasteiger partial charge in [-0.1, -0.05) is 74.7 Å². The number of carbonyl (C=O) groups excluding carboxylic acids is 2. The van der Waals surface area contributed by atoms with Crippen molar-refractivity contribution in [3.05, 3.63) is 59.7 Å². The number of carboxylic acids is 1. The van der Waals surface area contributed by atoms with Crippen LogP contribution in [0.5, 0.6) is 0 Å². The van der Waals surface area contributed by atoms with Gasteiger partial charge in [-0.3, -0.25) is 9.59 Å². The zero-order valence-electron chi connectivity index (χ0n) is 20.2. The van der Waals surface area contributed by atoms with Crippen LogP contribution in [0.1, 0.15) is 68.9 Å². The molecule has 0 heterocycles. The second-order valence-electron chi connectivity index (χ2n) is 9.57. The molecular weight excluding hydrogens is 444 g/mol. The van der Waals surface area contributed by atoms with Gasteiger partial charge in [-0.05, 0) is 47.9 Å². The lowest BCUT2D eigenvalue weighted by molar-refractivity contribution is -0.143. The molecule has 0 bridgehead atoms. The number of unbranched alkanes of at least 4 members (excludes halogenated alkanes) is 1. The SMILES string of the molecule is CCCCC(NC(=O)OCC1c2ccccc2-c2ccccc21)C(=O)N[C@@H]1CCC[C@@H](C(=O)O)C1. The molecule has 0 aliphatic heterocycles. The van der Waals surface area contributed by atoms with Crippen LogP contribution in [0.25, 0.3) is 11.1 Å². The third-order valence-electron chi connectivity index (χ3n) is 7.17. The largest absolute Gasteiger partial charge is 0.481 e. The van der Waals surface area contributed by atoms with Gasteiger partial charge in [0.05, 0.1) is 5.92 Å². The Kier molecular flexibility index (Phi) is 8.06. The van der Waals surface area contributed by atoms with Gasteiger partial charge in [-0.25, -0.2) is 4.79 Å². The number of benzene rings is 2. The molecule has 2 aromatic rings. The van der Waals surface area contributed by atoms with Gasteiger partial charge in [0.2, 0.25) is 5.91 Å². The molecule has 7 nitrogen and oxygen atoms in total. The number of rotatable bonds is 9. The van der Waals surface area contributed by atoms with Gasteiger partial charge in [0.15, 0.2) is 0 Å². The minimum absolute atomic E-state index is 0.0498. The summed E-state index contributed by atoms with van der Waals surface area (Å²) in [4.78, 5) is 37.1. The Morgan fingerprint density at radius 1 is 1.03 bits per heavy atom. The Bertz CT molecular complexity index is 1020. The van der Waals surface area contributed by atoms with Gasteiger partial charge in [-0.2, -0.15) is 0 Å². The molecule has 3 N–H and O–H groups in total. The van der Waals surface area contributed by atoms with Crippen molar-refractivity contribution in [2.45, 2.75) is 69.9 Å². The quantitative estimate of drug-likeness (QED) is 0.478. The summed E-state index contributed by atoms with van der Waals surface area (Å²) < 4.78 is 5.63. The zero-order valence-corrected chi connectivity index (χ0v) is 20.2. The summed E-state index contributed by atoms with van der Waals surface area (Å²) in [5.41, 5.74) is 4.58. The van der Waals surface area contributed by atoms with Gasteiger partial charge < -0.3 is 20.5 Å². The van der Waals surface area contributed by atoms with E-state index in [1.54, 1.807) is 0 Å². The number of amides is 2. The minimum atomic E-state index is -0.816. The summed E-state index contributed by atoms with van der Waals surface area (Å²) in [6, 6.07) is 15.4. The molecule has 2 aliphatic carbocycles. The van der Waals surface area contributed by atoms with Gasteiger partial charge in [0.1, 0.15) is 12.6 Å². The normalized spacial score (nSPS) is 19.8. The highest BCUT2D eigenvalue weighted by Crippen LogP contribution is 2.44. The average molecular weight is 479 g/mol. The van der Waals surface area contributed by atoms with Crippen LogP contribution in [0.2, 0.25) is 0 Å². The molecule has 35 heavy (non-hydrogen) atoms. The number of aliphatic carboxylic acids is 1. The van der Waals surface area contributed by atoms with Crippen molar-refractivity contribution >= 4 is 18.0 Å². The van der Waals surface area contributed by atoms with Crippen LogP contribution >= 0.6 is 0 Å². The molecular formula is C28H34N2O5. The van der Waals surface area contributed by atoms with Crippen molar-refractivity contribution in [1.29, 1.82) is 0 Å². The summed E-state index contributed by atoms with van der Waals surface area (Å²) in [6.45, 7) is 2.21. The summed E-state index contributed by atoms with van der Waals surface area (Å²) in [5, 5.41) is 15.0. The van der Waals surface area contributed by atoms with Gasteiger partial charge in [0.25, 0.3) is 0 Å². The molecule has 1 saturated carbocycles. The molecule has 2 aliphatic rings. The van der Waals surface area contributed by atoms with E-state index in [0.717, 1.165) is 47.9 Å². The maximum atomic E-state index is 13.0. The Morgan fingerprint density at radius 2 is 1.69 bits per heavy atom. The van der Waals surface area contributed by atoms with Crippen molar-refractivity contribution in [1.82, 2.24) is 10.6 Å². The molecule has 0 radical (unpaired) electrons. The van der Waals surface area contributed by atoms with Crippen molar-refractivity contribution in [2.24, 2.45) is 5.92 Å². The van der Waals surface area contributed by atoms with E-state index in [0.29, 0.717) is 19.3 Å². The third-order valence-corrected chi connectivity index (χ3v) is 7.17. The Balaban J connectivity index is 1.36. The van der Waals surface area contributed by atoms with Gasteiger partial charge in [0, 0.05) is 12.0 Å². The highest BCUT2D eigenvalue weighted by Gasteiger charge is 2.31. The van der Waals surface area contributed by atoms with Gasteiger partial charge in [-0.15, -0.1) is 0 Å². The van der Waals surface area contributed by atoms with E-state index in [-0.39, 0.29) is 24.5 Å². The molecule has 0 spiro atoms. The molecule has 3 atom stereocenters. The van der Waals surface area contributed by atoms with E-state index >= 15 is 0 Å². The number of fused-ring (bicyclic) bond motifs is 3. The Morgan fingerprint density at radius 3 is 2.31 bits per heavy atom. The second-order valence-corrected chi connectivity index (χ2v) is 9.57. The van der Waals surface area contributed by atoms with Crippen LogP contribution < -0.4 is 10.6 Å². The van der Waals surface area contributed by atoms with Crippen LogP contribution in [0.3, 0.4) is 0 Å². The van der Waals surface area contributed by atoms with Crippen LogP contribution in [0.15, 0.2) is 48.5 Å². The number of nitrogens with one attached hydrogen (secondary N) is 2. The summed E-state index contributed by atoms with van der Waals surface area (Å²) in [6.07, 6.45) is 4.13. The number of ether oxygens (including phenoxy) is 1. The first kappa shape index (κ1) is 24.8. The lowest BCUT2D eigenvalue weighted by Crippen LogP contribution is -2.51. The summed E-state index contributed by atoms with van der Waals surface area (Å²) >= 11 is 0. The van der Waals surface area contributed by atoms with Crippen LogP contribution in [-0.4, -0.2) is 41.8 Å². The molecule has 1 fully saturated rings. The zero-order chi connectivity index (χ0) is 24.8. The fourth-order valence-electron chi connectivity index (χ4n) is 5.31. The molecule has 7 heteroatoms. The molecule has 186 valence electrons. The maximum Gasteiger partial charge on any atom is 0.407 e. The van der Waals surface area contributed by atoms with E-state index in [1.165, 1.54) is 0 Å². The number of hydrogen-bond donors (Lipinski definition) is 3. The lowest BCUT2D eigenvalue weighted by Gasteiger charge is -2.29. The van der Waals surface area contributed by atoms with Crippen molar-refractivity contribution in [3.8, 4) is 11.1 Å². The minimum Gasteiger partial charge on any atom is -0.481 e. The average Bonchev–Trinajstić information content (AvgIpc) is 3.19. The fraction of sp³-hybridized carbons (Fsp3) is 0.464. The van der Waals surface area contributed by atoms with E-state index in [9.17, 15) is 19.5 Å². The Labute approximate surface area is 206 Å². The standard InChI is InChI=1S/C28H34N2O5/c1-2-3-15-25(26(31)29-19-10-8-9-18(16-19)27(32)33)30-28(34)35-17-24-22-13-6-4-11-20(22)21-12-5-7-14-23(21)24/h4-7,11-14,18-19,24-25H,2-3,8-10,15-17H2,1H3,(H,29,31)(H,30,34)(H,32,33)/t18-,19-,25?/m1/s1. The van der Waals surface area contributed by atoms with E-state index < -0.39 is 24.0 Å². The topological polar surface area (TPSA) is 105 Å². The highest BCUT2D eigenvalue weighted by molar-refractivity contribution is 5.86. The van der Waals surface area contributed by atoms with E-state index in [1.807, 2.05) is 31.2 Å². The molecule has 2 amide bonds. The lowest BCUT2D eigenvalue weighted by atomic mass is 9.85. The van der Waals surface area contributed by atoms with Crippen LogP contribution in [0, 0.1) is 5.92 Å². The Hall–Kier alpha value is -3.35. The van der Waals surface area contributed by atoms with Crippen LogP contribution in [0.4, 0.5) is 4.79 Å². The third kappa shape index (κ3) is 5.84. The summed E-state index contributed by atoms with van der Waals surface area (Å²) in [7, 11) is 0. The summed E-state index contributed by atoms with van der Waals surface area (Å²) in [5.74, 6) is -1.57. The molecule has 2 aromatic carbocycles. The van der Waals surface area contributed by atoms with Crippen LogP contribution in [-0.2, 0) is 14.3 Å². The molecule has 0 aromatic heterocycles.